The van der Waals surface area contributed by atoms with Crippen molar-refractivity contribution in [2.45, 2.75) is 19.8 Å². The topological polar surface area (TPSA) is 29.5 Å². The van der Waals surface area contributed by atoms with Gasteiger partial charge in [-0.1, -0.05) is 23.8 Å². The molecule has 0 aliphatic carbocycles. The number of para-hydroxylation sites is 1. The average molecular weight is 206 g/mol. The third-order valence-electron chi connectivity index (χ3n) is 2.14. The van der Waals surface area contributed by atoms with Crippen LogP contribution >= 0.6 is 0 Å². The first-order valence-electron chi connectivity index (χ1n) is 5.20. The lowest BCUT2D eigenvalue weighted by Gasteiger charge is -2.10. The number of aliphatic hydroxyl groups excluding tert-OH is 1. The summed E-state index contributed by atoms with van der Waals surface area (Å²) in [6.45, 7) is 6.62. The quantitative estimate of drug-likeness (QED) is 0.725. The van der Waals surface area contributed by atoms with Crippen molar-refractivity contribution >= 4 is 0 Å². The zero-order chi connectivity index (χ0) is 11.1. The molecule has 0 fully saturated rings. The molecule has 82 valence electrons. The average Bonchev–Trinajstić information content (AvgIpc) is 2.20. The van der Waals surface area contributed by atoms with Gasteiger partial charge in [0, 0.05) is 13.0 Å². The molecule has 0 aliphatic rings. The maximum absolute atomic E-state index is 8.89. The van der Waals surface area contributed by atoms with Crippen molar-refractivity contribution in [2.75, 3.05) is 13.2 Å². The predicted molar refractivity (Wildman–Crippen MR) is 62.2 cm³/mol. The van der Waals surface area contributed by atoms with Crippen LogP contribution in [-0.2, 0) is 6.42 Å². The molecule has 1 aromatic carbocycles. The summed E-state index contributed by atoms with van der Waals surface area (Å²) in [5, 5.41) is 8.89. The SMILES string of the molecule is C=C(C)CCOc1ccccc1CCO. The Hall–Kier alpha value is -1.28. The molecule has 2 heteroatoms. The molecule has 1 N–H and O–H groups in total. The van der Waals surface area contributed by atoms with Crippen LogP contribution in [0.4, 0.5) is 0 Å². The van der Waals surface area contributed by atoms with Crippen LogP contribution in [0.2, 0.25) is 0 Å². The van der Waals surface area contributed by atoms with Crippen molar-refractivity contribution < 1.29 is 9.84 Å². The Morgan fingerprint density at radius 3 is 2.80 bits per heavy atom. The molecule has 0 saturated carbocycles. The predicted octanol–water partition coefficient (Wildman–Crippen LogP) is 2.57. The molecule has 0 heterocycles. The Kier molecular flexibility index (Phi) is 4.91. The van der Waals surface area contributed by atoms with Gasteiger partial charge in [-0.3, -0.25) is 0 Å². The van der Waals surface area contributed by atoms with Gasteiger partial charge in [-0.05, 0) is 25.0 Å². The molecule has 0 amide bonds. The largest absolute Gasteiger partial charge is 0.493 e. The molecule has 15 heavy (non-hydrogen) atoms. The zero-order valence-electron chi connectivity index (χ0n) is 9.20. The summed E-state index contributed by atoms with van der Waals surface area (Å²) < 4.78 is 5.63. The van der Waals surface area contributed by atoms with Crippen molar-refractivity contribution in [1.82, 2.24) is 0 Å². The Balaban J connectivity index is 2.55. The summed E-state index contributed by atoms with van der Waals surface area (Å²) in [6.07, 6.45) is 1.51. The van der Waals surface area contributed by atoms with E-state index in [-0.39, 0.29) is 6.61 Å². The maximum Gasteiger partial charge on any atom is 0.122 e. The van der Waals surface area contributed by atoms with Gasteiger partial charge in [0.05, 0.1) is 6.61 Å². The van der Waals surface area contributed by atoms with Gasteiger partial charge in [0.15, 0.2) is 0 Å². The molecule has 0 unspecified atom stereocenters. The van der Waals surface area contributed by atoms with E-state index in [9.17, 15) is 0 Å². The molecule has 0 radical (unpaired) electrons. The minimum Gasteiger partial charge on any atom is -0.493 e. The lowest BCUT2D eigenvalue weighted by Crippen LogP contribution is -2.01. The monoisotopic (exact) mass is 206 g/mol. The molecule has 0 saturated heterocycles. The van der Waals surface area contributed by atoms with Crippen molar-refractivity contribution in [3.05, 3.63) is 42.0 Å². The van der Waals surface area contributed by atoms with Crippen LogP contribution in [0, 0.1) is 0 Å². The fraction of sp³-hybridized carbons (Fsp3) is 0.385. The van der Waals surface area contributed by atoms with Gasteiger partial charge >= 0.3 is 0 Å². The van der Waals surface area contributed by atoms with Crippen LogP contribution in [-0.4, -0.2) is 18.3 Å². The van der Waals surface area contributed by atoms with E-state index < -0.39 is 0 Å². The van der Waals surface area contributed by atoms with Gasteiger partial charge in [0.1, 0.15) is 5.75 Å². The second-order valence-corrected chi connectivity index (χ2v) is 3.64. The zero-order valence-corrected chi connectivity index (χ0v) is 9.20. The standard InChI is InChI=1S/C13H18O2/c1-11(2)8-10-15-13-6-4-3-5-12(13)7-9-14/h3-6,14H,1,7-10H2,2H3. The van der Waals surface area contributed by atoms with Gasteiger partial charge in [0.2, 0.25) is 0 Å². The van der Waals surface area contributed by atoms with E-state index in [1.165, 1.54) is 0 Å². The Bertz CT molecular complexity index is 318. The number of hydrogen-bond donors (Lipinski definition) is 1. The summed E-state index contributed by atoms with van der Waals surface area (Å²) in [5.41, 5.74) is 2.18. The fourth-order valence-corrected chi connectivity index (χ4v) is 1.31. The van der Waals surface area contributed by atoms with Crippen LogP contribution in [0.1, 0.15) is 18.9 Å². The van der Waals surface area contributed by atoms with E-state index in [0.717, 1.165) is 23.3 Å². The third-order valence-corrected chi connectivity index (χ3v) is 2.14. The van der Waals surface area contributed by atoms with Gasteiger partial charge < -0.3 is 9.84 Å². The second kappa shape index (κ2) is 6.25. The van der Waals surface area contributed by atoms with Crippen LogP contribution in [0.25, 0.3) is 0 Å². The third kappa shape index (κ3) is 4.17. The molecule has 0 aromatic heterocycles. The minimum absolute atomic E-state index is 0.154. The molecular weight excluding hydrogens is 188 g/mol. The Morgan fingerprint density at radius 2 is 2.13 bits per heavy atom. The molecule has 0 spiro atoms. The molecule has 0 atom stereocenters. The van der Waals surface area contributed by atoms with Gasteiger partial charge in [-0.25, -0.2) is 0 Å². The van der Waals surface area contributed by atoms with Crippen LogP contribution in [0.3, 0.4) is 0 Å². The lowest BCUT2D eigenvalue weighted by atomic mass is 10.1. The van der Waals surface area contributed by atoms with Crippen LogP contribution < -0.4 is 4.74 Å². The molecular formula is C13H18O2. The summed E-state index contributed by atoms with van der Waals surface area (Å²) in [4.78, 5) is 0. The second-order valence-electron chi connectivity index (χ2n) is 3.64. The molecule has 0 bridgehead atoms. The number of benzene rings is 1. The lowest BCUT2D eigenvalue weighted by molar-refractivity contribution is 0.289. The van der Waals surface area contributed by atoms with E-state index >= 15 is 0 Å². The summed E-state index contributed by atoms with van der Waals surface area (Å²) in [5.74, 6) is 0.868. The first-order chi connectivity index (χ1) is 7.24. The molecule has 2 nitrogen and oxygen atoms in total. The highest BCUT2D eigenvalue weighted by Gasteiger charge is 2.01. The highest BCUT2D eigenvalue weighted by atomic mass is 16.5. The van der Waals surface area contributed by atoms with Crippen molar-refractivity contribution in [3.8, 4) is 5.75 Å². The van der Waals surface area contributed by atoms with E-state index in [0.29, 0.717) is 13.0 Å². The first-order valence-corrected chi connectivity index (χ1v) is 5.20. The minimum atomic E-state index is 0.154. The molecule has 1 aromatic rings. The first kappa shape index (κ1) is 11.8. The number of aliphatic hydroxyl groups is 1. The van der Waals surface area contributed by atoms with Crippen LogP contribution in [0.15, 0.2) is 36.4 Å². The van der Waals surface area contributed by atoms with E-state index in [4.69, 9.17) is 9.84 Å². The van der Waals surface area contributed by atoms with Crippen molar-refractivity contribution in [3.63, 3.8) is 0 Å². The van der Waals surface area contributed by atoms with Crippen LogP contribution in [0.5, 0.6) is 5.75 Å². The smallest absolute Gasteiger partial charge is 0.122 e. The Morgan fingerprint density at radius 1 is 1.40 bits per heavy atom. The highest BCUT2D eigenvalue weighted by molar-refractivity contribution is 5.33. The summed E-state index contributed by atoms with van der Waals surface area (Å²) >= 11 is 0. The maximum atomic E-state index is 8.89. The van der Waals surface area contributed by atoms with Crippen molar-refractivity contribution in [2.24, 2.45) is 0 Å². The number of hydrogen-bond acceptors (Lipinski definition) is 2. The van der Waals surface area contributed by atoms with Gasteiger partial charge in [-0.2, -0.15) is 0 Å². The fourth-order valence-electron chi connectivity index (χ4n) is 1.31. The van der Waals surface area contributed by atoms with E-state index in [1.54, 1.807) is 0 Å². The normalized spacial score (nSPS) is 10.0. The van der Waals surface area contributed by atoms with Crippen molar-refractivity contribution in [1.29, 1.82) is 0 Å². The van der Waals surface area contributed by atoms with Gasteiger partial charge in [0.25, 0.3) is 0 Å². The molecule has 1 rings (SSSR count). The highest BCUT2D eigenvalue weighted by Crippen LogP contribution is 2.18. The number of ether oxygens (including phenoxy) is 1. The van der Waals surface area contributed by atoms with Gasteiger partial charge in [-0.15, -0.1) is 6.58 Å². The number of rotatable bonds is 6. The Labute approximate surface area is 91.2 Å². The molecule has 0 aliphatic heterocycles. The van der Waals surface area contributed by atoms with E-state index in [2.05, 4.69) is 6.58 Å². The summed E-state index contributed by atoms with van der Waals surface area (Å²) in [7, 11) is 0. The van der Waals surface area contributed by atoms with E-state index in [1.807, 2.05) is 31.2 Å². The summed E-state index contributed by atoms with van der Waals surface area (Å²) in [6, 6.07) is 7.81.